The Balaban J connectivity index is 1.20. The lowest BCUT2D eigenvalue weighted by atomic mass is 9.49. The molecule has 2 amide bonds. The summed E-state index contributed by atoms with van der Waals surface area (Å²) in [4.78, 5) is 27.9. The smallest absolute Gasteiger partial charge is 0.238 e. The summed E-state index contributed by atoms with van der Waals surface area (Å²) < 4.78 is 5.50. The number of carbonyl (C=O) groups excluding carboxylic acids is 2. The van der Waals surface area contributed by atoms with Gasteiger partial charge in [0.2, 0.25) is 11.8 Å². The fourth-order valence-electron chi connectivity index (χ4n) is 7.14. The molecule has 5 fully saturated rings. The molecule has 4 bridgehead atoms. The quantitative estimate of drug-likeness (QED) is 0.626. The van der Waals surface area contributed by atoms with Crippen LogP contribution in [0.25, 0.3) is 0 Å². The number of ether oxygens (including phenoxy) is 1. The highest BCUT2D eigenvalue weighted by Gasteiger charge is 2.54. The summed E-state index contributed by atoms with van der Waals surface area (Å²) in [5, 5.41) is 3.13. The number of amides is 2. The van der Waals surface area contributed by atoms with Crippen molar-refractivity contribution in [2.75, 3.05) is 23.1 Å². The van der Waals surface area contributed by atoms with Crippen molar-refractivity contribution in [1.29, 1.82) is 0 Å². The van der Waals surface area contributed by atoms with Crippen LogP contribution in [0.3, 0.4) is 0 Å². The van der Waals surface area contributed by atoms with E-state index in [1.165, 1.54) is 19.3 Å². The Hall–Kier alpha value is -2.47. The number of anilines is 2. The first-order valence-electron chi connectivity index (χ1n) is 12.0. The van der Waals surface area contributed by atoms with E-state index in [1.807, 2.05) is 53.4 Å². The first-order valence-corrected chi connectivity index (χ1v) is 13.1. The van der Waals surface area contributed by atoms with Crippen LogP contribution in [-0.2, 0) is 9.59 Å². The number of benzene rings is 2. The minimum Gasteiger partial charge on any atom is -0.495 e. The van der Waals surface area contributed by atoms with Crippen LogP contribution < -0.4 is 15.0 Å². The van der Waals surface area contributed by atoms with Crippen molar-refractivity contribution >= 4 is 35.0 Å². The fraction of sp³-hybridized carbons (Fsp3) is 0.481. The molecule has 6 heteroatoms. The maximum atomic E-state index is 13.4. The van der Waals surface area contributed by atoms with Gasteiger partial charge in [0.25, 0.3) is 0 Å². The Bertz CT molecular complexity index is 1050. The number of para-hydroxylation sites is 2. The standard InChI is InChI=1S/C27H30N2O3S/c1-32-23-5-3-2-4-22(23)29-24(30)16-33-25(29)20-6-8-21(9-7-20)28-26(31)27-13-17-10-18(14-27)12-19(11-17)15-27/h2-9,17-19,25H,10-16H2,1H3,(H,28,31)/t17?,18?,19?,25-,27?/m0/s1. The molecule has 172 valence electrons. The van der Waals surface area contributed by atoms with E-state index in [1.54, 1.807) is 18.9 Å². The Kier molecular flexibility index (Phi) is 5.17. The lowest BCUT2D eigenvalue weighted by Crippen LogP contribution is -2.51. The van der Waals surface area contributed by atoms with Gasteiger partial charge in [-0.3, -0.25) is 14.5 Å². The predicted molar refractivity (Wildman–Crippen MR) is 131 cm³/mol. The molecule has 5 aliphatic rings. The number of methoxy groups -OCH3 is 1. The van der Waals surface area contributed by atoms with Crippen LogP contribution >= 0.6 is 11.8 Å². The van der Waals surface area contributed by atoms with Gasteiger partial charge in [0.15, 0.2) is 0 Å². The molecule has 0 radical (unpaired) electrons. The normalized spacial score (nSPS) is 32.3. The van der Waals surface area contributed by atoms with Gasteiger partial charge in [-0.05, 0) is 86.1 Å². The molecule has 1 N–H and O–H groups in total. The fourth-order valence-corrected chi connectivity index (χ4v) is 8.31. The second-order valence-corrected chi connectivity index (χ2v) is 11.4. The molecular formula is C27H30N2O3S. The number of hydrogen-bond acceptors (Lipinski definition) is 4. The number of hydrogen-bond donors (Lipinski definition) is 1. The minimum atomic E-state index is -0.151. The summed E-state index contributed by atoms with van der Waals surface area (Å²) in [6, 6.07) is 15.7. The van der Waals surface area contributed by atoms with Gasteiger partial charge in [0.05, 0.1) is 24.0 Å². The molecule has 0 spiro atoms. The Morgan fingerprint density at radius 3 is 2.27 bits per heavy atom. The highest BCUT2D eigenvalue weighted by molar-refractivity contribution is 8.00. The summed E-state index contributed by atoms with van der Waals surface area (Å²) in [7, 11) is 1.63. The third-order valence-electron chi connectivity index (χ3n) is 8.19. The number of carbonyl (C=O) groups is 2. The van der Waals surface area contributed by atoms with Gasteiger partial charge in [-0.25, -0.2) is 0 Å². The average Bonchev–Trinajstić information content (AvgIpc) is 3.19. The zero-order chi connectivity index (χ0) is 22.6. The lowest BCUT2D eigenvalue weighted by Gasteiger charge is -2.55. The van der Waals surface area contributed by atoms with Gasteiger partial charge in [-0.15, -0.1) is 11.8 Å². The summed E-state index contributed by atoms with van der Waals surface area (Å²) in [5.74, 6) is 3.68. The average molecular weight is 463 g/mol. The van der Waals surface area contributed by atoms with Gasteiger partial charge in [0.1, 0.15) is 11.1 Å². The maximum Gasteiger partial charge on any atom is 0.238 e. The number of nitrogens with one attached hydrogen (secondary N) is 1. The van der Waals surface area contributed by atoms with E-state index in [0.717, 1.165) is 54.0 Å². The number of rotatable bonds is 5. The first kappa shape index (κ1) is 21.1. The predicted octanol–water partition coefficient (Wildman–Crippen LogP) is 5.63. The van der Waals surface area contributed by atoms with E-state index >= 15 is 0 Å². The van der Waals surface area contributed by atoms with Gasteiger partial charge >= 0.3 is 0 Å². The van der Waals surface area contributed by atoms with E-state index in [0.29, 0.717) is 11.5 Å². The molecule has 0 aromatic heterocycles. The second kappa shape index (κ2) is 8.08. The largest absolute Gasteiger partial charge is 0.495 e. The molecule has 2 aromatic rings. The molecule has 1 heterocycles. The molecular weight excluding hydrogens is 432 g/mol. The van der Waals surface area contributed by atoms with E-state index in [2.05, 4.69) is 5.32 Å². The Labute approximate surface area is 199 Å². The lowest BCUT2D eigenvalue weighted by molar-refractivity contribution is -0.140. The van der Waals surface area contributed by atoms with Gasteiger partial charge < -0.3 is 10.1 Å². The second-order valence-electron chi connectivity index (χ2n) is 10.4. The summed E-state index contributed by atoms with van der Waals surface area (Å²) >= 11 is 1.62. The summed E-state index contributed by atoms with van der Waals surface area (Å²) in [6.45, 7) is 0. The van der Waals surface area contributed by atoms with E-state index in [9.17, 15) is 9.59 Å². The Morgan fingerprint density at radius 2 is 1.64 bits per heavy atom. The number of thioether (sulfide) groups is 1. The third kappa shape index (κ3) is 3.63. The van der Waals surface area contributed by atoms with Crippen molar-refractivity contribution in [2.45, 2.75) is 43.9 Å². The van der Waals surface area contributed by atoms with Crippen molar-refractivity contribution in [2.24, 2.45) is 23.2 Å². The van der Waals surface area contributed by atoms with Crippen LogP contribution in [0.2, 0.25) is 0 Å². The highest BCUT2D eigenvalue weighted by atomic mass is 32.2. The molecule has 7 rings (SSSR count). The molecule has 2 aromatic carbocycles. The molecule has 1 saturated heterocycles. The zero-order valence-corrected chi connectivity index (χ0v) is 19.8. The van der Waals surface area contributed by atoms with Crippen molar-refractivity contribution in [3.8, 4) is 5.75 Å². The zero-order valence-electron chi connectivity index (χ0n) is 19.0. The highest BCUT2D eigenvalue weighted by Crippen LogP contribution is 2.60. The van der Waals surface area contributed by atoms with Crippen LogP contribution in [0.4, 0.5) is 11.4 Å². The van der Waals surface area contributed by atoms with Crippen molar-refractivity contribution in [1.82, 2.24) is 0 Å². The number of nitrogens with zero attached hydrogens (tertiary/aromatic N) is 1. The van der Waals surface area contributed by atoms with Crippen molar-refractivity contribution in [3.05, 3.63) is 54.1 Å². The van der Waals surface area contributed by atoms with Gasteiger partial charge in [0, 0.05) is 5.69 Å². The molecule has 1 atom stereocenters. The van der Waals surface area contributed by atoms with Crippen molar-refractivity contribution in [3.63, 3.8) is 0 Å². The van der Waals surface area contributed by atoms with Crippen LogP contribution in [0.15, 0.2) is 48.5 Å². The summed E-state index contributed by atoms with van der Waals surface area (Å²) in [6.07, 6.45) is 7.21. The van der Waals surface area contributed by atoms with Crippen molar-refractivity contribution < 1.29 is 14.3 Å². The molecule has 4 saturated carbocycles. The molecule has 33 heavy (non-hydrogen) atoms. The molecule has 0 unspecified atom stereocenters. The third-order valence-corrected chi connectivity index (χ3v) is 9.40. The van der Waals surface area contributed by atoms with Crippen LogP contribution in [0, 0.1) is 23.2 Å². The molecule has 5 nitrogen and oxygen atoms in total. The van der Waals surface area contributed by atoms with E-state index in [4.69, 9.17) is 4.74 Å². The monoisotopic (exact) mass is 462 g/mol. The molecule has 1 aliphatic heterocycles. The molecule has 4 aliphatic carbocycles. The minimum absolute atomic E-state index is 0.0775. The van der Waals surface area contributed by atoms with E-state index in [-0.39, 0.29) is 22.6 Å². The first-order chi connectivity index (χ1) is 16.0. The van der Waals surface area contributed by atoms with Crippen LogP contribution in [0.1, 0.15) is 49.5 Å². The van der Waals surface area contributed by atoms with Crippen LogP contribution in [0.5, 0.6) is 5.75 Å². The maximum absolute atomic E-state index is 13.4. The van der Waals surface area contributed by atoms with Gasteiger partial charge in [-0.2, -0.15) is 0 Å². The topological polar surface area (TPSA) is 58.6 Å². The van der Waals surface area contributed by atoms with E-state index < -0.39 is 0 Å². The Morgan fingerprint density at radius 1 is 1.00 bits per heavy atom. The van der Waals surface area contributed by atoms with Crippen LogP contribution in [-0.4, -0.2) is 24.7 Å². The van der Waals surface area contributed by atoms with Gasteiger partial charge in [-0.1, -0.05) is 24.3 Å². The summed E-state index contributed by atoms with van der Waals surface area (Å²) in [5.41, 5.74) is 2.53. The SMILES string of the molecule is COc1ccccc1N1C(=O)CS[C@H]1c1ccc(NC(=O)C23CC4CC(CC(C4)C2)C3)cc1.